The zero-order valence-electron chi connectivity index (χ0n) is 11.5. The number of anilines is 1. The highest BCUT2D eigenvalue weighted by Gasteiger charge is 2.23. The molecule has 0 spiro atoms. The van der Waals surface area contributed by atoms with E-state index in [-0.39, 0.29) is 11.9 Å². The topological polar surface area (TPSA) is 61.4 Å². The molecule has 102 valence electrons. The molecular weight excluding hydrogens is 242 g/mol. The number of aryl methyl sites for hydroxylation is 1. The highest BCUT2D eigenvalue weighted by molar-refractivity contribution is 5.97. The van der Waals surface area contributed by atoms with Crippen LogP contribution in [-0.4, -0.2) is 37.0 Å². The lowest BCUT2D eigenvalue weighted by Gasteiger charge is -2.14. The Kier molecular flexibility index (Phi) is 3.74. The van der Waals surface area contributed by atoms with Gasteiger partial charge >= 0.3 is 6.03 Å². The smallest absolute Gasteiger partial charge is 0.319 e. The summed E-state index contributed by atoms with van der Waals surface area (Å²) in [5, 5.41) is 5.65. The van der Waals surface area contributed by atoms with Crippen molar-refractivity contribution in [3.8, 4) is 0 Å². The number of carbonyl (C=O) groups is 2. The normalized spacial score (nSPS) is 13.8. The second kappa shape index (κ2) is 5.30. The molecule has 0 aromatic heterocycles. The van der Waals surface area contributed by atoms with Crippen molar-refractivity contribution in [3.05, 3.63) is 29.3 Å². The maximum atomic E-state index is 11.9. The van der Waals surface area contributed by atoms with Crippen molar-refractivity contribution in [1.82, 2.24) is 10.2 Å². The van der Waals surface area contributed by atoms with Crippen molar-refractivity contribution in [3.63, 3.8) is 0 Å². The third-order valence-electron chi connectivity index (χ3n) is 3.05. The van der Waals surface area contributed by atoms with Crippen LogP contribution in [0.4, 0.5) is 10.5 Å². The predicted molar refractivity (Wildman–Crippen MR) is 74.4 cm³/mol. The molecule has 0 saturated heterocycles. The fourth-order valence-corrected chi connectivity index (χ4v) is 1.72. The van der Waals surface area contributed by atoms with E-state index in [9.17, 15) is 9.59 Å². The molecule has 1 aliphatic rings. The molecule has 0 atom stereocenters. The van der Waals surface area contributed by atoms with Gasteiger partial charge in [0.25, 0.3) is 5.91 Å². The first kappa shape index (κ1) is 13.4. The van der Waals surface area contributed by atoms with Gasteiger partial charge in [-0.25, -0.2) is 4.79 Å². The van der Waals surface area contributed by atoms with E-state index in [1.807, 2.05) is 13.0 Å². The minimum atomic E-state index is -0.208. The molecule has 0 bridgehead atoms. The highest BCUT2D eigenvalue weighted by Crippen LogP contribution is 2.20. The number of benzene rings is 1. The van der Waals surface area contributed by atoms with E-state index in [1.165, 1.54) is 4.90 Å². The summed E-state index contributed by atoms with van der Waals surface area (Å²) in [6.07, 6.45) is 2.09. The van der Waals surface area contributed by atoms with Gasteiger partial charge in [0.2, 0.25) is 0 Å². The third-order valence-corrected chi connectivity index (χ3v) is 3.05. The molecule has 0 unspecified atom stereocenters. The number of nitrogens with zero attached hydrogens (tertiary/aromatic N) is 1. The third kappa shape index (κ3) is 3.47. The quantitative estimate of drug-likeness (QED) is 0.874. The Morgan fingerprint density at radius 2 is 1.95 bits per heavy atom. The molecule has 5 heteroatoms. The van der Waals surface area contributed by atoms with Crippen LogP contribution in [0.15, 0.2) is 18.2 Å². The molecular formula is C14H19N3O2. The van der Waals surface area contributed by atoms with E-state index in [0.717, 1.165) is 18.4 Å². The number of rotatable bonds is 3. The standard InChI is InChI=1S/C14H19N3O2/c1-9-4-5-10(13(18)17(2)3)8-12(9)16-14(19)15-11-6-7-11/h4-5,8,11H,6-7H2,1-3H3,(H2,15,16,19). The average Bonchev–Trinajstić information content (AvgIpc) is 3.14. The van der Waals surface area contributed by atoms with E-state index in [2.05, 4.69) is 10.6 Å². The monoisotopic (exact) mass is 261 g/mol. The Morgan fingerprint density at radius 1 is 1.26 bits per heavy atom. The van der Waals surface area contributed by atoms with Crippen LogP contribution in [0.5, 0.6) is 0 Å². The zero-order chi connectivity index (χ0) is 14.0. The van der Waals surface area contributed by atoms with Crippen molar-refractivity contribution in [2.24, 2.45) is 0 Å². The van der Waals surface area contributed by atoms with E-state index < -0.39 is 0 Å². The summed E-state index contributed by atoms with van der Waals surface area (Å²) in [6.45, 7) is 1.90. The Balaban J connectivity index is 2.11. The summed E-state index contributed by atoms with van der Waals surface area (Å²) in [4.78, 5) is 25.1. The van der Waals surface area contributed by atoms with E-state index in [4.69, 9.17) is 0 Å². The molecule has 1 saturated carbocycles. The summed E-state index contributed by atoms with van der Waals surface area (Å²) in [7, 11) is 3.41. The van der Waals surface area contributed by atoms with Crippen LogP contribution in [0, 0.1) is 6.92 Å². The molecule has 2 N–H and O–H groups in total. The molecule has 0 radical (unpaired) electrons. The van der Waals surface area contributed by atoms with Gasteiger partial charge in [-0.15, -0.1) is 0 Å². The maximum absolute atomic E-state index is 11.9. The lowest BCUT2D eigenvalue weighted by Crippen LogP contribution is -2.30. The lowest BCUT2D eigenvalue weighted by molar-refractivity contribution is 0.0827. The molecule has 1 aliphatic carbocycles. The molecule has 2 rings (SSSR count). The minimum Gasteiger partial charge on any atom is -0.345 e. The van der Waals surface area contributed by atoms with Gasteiger partial charge in [-0.3, -0.25) is 4.79 Å². The van der Waals surface area contributed by atoms with Gasteiger partial charge in [-0.05, 0) is 37.5 Å². The van der Waals surface area contributed by atoms with Crippen LogP contribution < -0.4 is 10.6 Å². The maximum Gasteiger partial charge on any atom is 0.319 e. The molecule has 1 aromatic rings. The first-order chi connectivity index (χ1) is 8.97. The van der Waals surface area contributed by atoms with Gasteiger partial charge in [0.05, 0.1) is 0 Å². The van der Waals surface area contributed by atoms with Gasteiger partial charge in [0, 0.05) is 31.4 Å². The van der Waals surface area contributed by atoms with Gasteiger partial charge < -0.3 is 15.5 Å². The van der Waals surface area contributed by atoms with Crippen molar-refractivity contribution in [2.75, 3.05) is 19.4 Å². The van der Waals surface area contributed by atoms with Crippen LogP contribution in [0.25, 0.3) is 0 Å². The number of nitrogens with one attached hydrogen (secondary N) is 2. The average molecular weight is 261 g/mol. The van der Waals surface area contributed by atoms with Crippen molar-refractivity contribution >= 4 is 17.6 Å². The number of amides is 3. The lowest BCUT2D eigenvalue weighted by atomic mass is 10.1. The first-order valence-electron chi connectivity index (χ1n) is 6.37. The molecule has 3 amide bonds. The SMILES string of the molecule is Cc1ccc(C(=O)N(C)C)cc1NC(=O)NC1CC1. The van der Waals surface area contributed by atoms with Crippen LogP contribution in [0.2, 0.25) is 0 Å². The number of hydrogen-bond donors (Lipinski definition) is 2. The molecule has 1 aromatic carbocycles. The highest BCUT2D eigenvalue weighted by atomic mass is 16.2. The van der Waals surface area contributed by atoms with Crippen LogP contribution >= 0.6 is 0 Å². The first-order valence-corrected chi connectivity index (χ1v) is 6.37. The van der Waals surface area contributed by atoms with E-state index >= 15 is 0 Å². The van der Waals surface area contributed by atoms with Crippen LogP contribution in [0.3, 0.4) is 0 Å². The fraction of sp³-hybridized carbons (Fsp3) is 0.429. The largest absolute Gasteiger partial charge is 0.345 e. The summed E-state index contributed by atoms with van der Waals surface area (Å²) in [5.41, 5.74) is 2.17. The predicted octanol–water partition coefficient (Wildman–Crippen LogP) is 1.98. The summed E-state index contributed by atoms with van der Waals surface area (Å²) < 4.78 is 0. The Labute approximate surface area is 113 Å². The van der Waals surface area contributed by atoms with Gasteiger partial charge in [0.15, 0.2) is 0 Å². The zero-order valence-corrected chi connectivity index (χ0v) is 11.5. The second-order valence-electron chi connectivity index (χ2n) is 5.10. The van der Waals surface area contributed by atoms with Gasteiger partial charge in [0.1, 0.15) is 0 Å². The second-order valence-corrected chi connectivity index (χ2v) is 5.10. The number of hydrogen-bond acceptors (Lipinski definition) is 2. The van der Waals surface area contributed by atoms with Crippen LogP contribution in [0.1, 0.15) is 28.8 Å². The number of carbonyl (C=O) groups excluding carboxylic acids is 2. The summed E-state index contributed by atoms with van der Waals surface area (Å²) >= 11 is 0. The van der Waals surface area contributed by atoms with Crippen LogP contribution in [-0.2, 0) is 0 Å². The summed E-state index contributed by atoms with van der Waals surface area (Å²) in [6, 6.07) is 5.42. The Morgan fingerprint density at radius 3 is 2.53 bits per heavy atom. The Bertz CT molecular complexity index is 507. The number of urea groups is 1. The molecule has 19 heavy (non-hydrogen) atoms. The molecule has 5 nitrogen and oxygen atoms in total. The van der Waals surface area contributed by atoms with Crippen molar-refractivity contribution in [2.45, 2.75) is 25.8 Å². The fourth-order valence-electron chi connectivity index (χ4n) is 1.72. The van der Waals surface area contributed by atoms with E-state index in [0.29, 0.717) is 17.3 Å². The molecule has 1 fully saturated rings. The van der Waals surface area contributed by atoms with Gasteiger partial charge in [-0.2, -0.15) is 0 Å². The minimum absolute atomic E-state index is 0.0781. The van der Waals surface area contributed by atoms with Gasteiger partial charge in [-0.1, -0.05) is 6.07 Å². The van der Waals surface area contributed by atoms with E-state index in [1.54, 1.807) is 26.2 Å². The van der Waals surface area contributed by atoms with Crippen molar-refractivity contribution < 1.29 is 9.59 Å². The summed E-state index contributed by atoms with van der Waals surface area (Å²) in [5.74, 6) is -0.0781. The molecule has 0 heterocycles. The Hall–Kier alpha value is -2.04. The van der Waals surface area contributed by atoms with Crippen molar-refractivity contribution in [1.29, 1.82) is 0 Å². The molecule has 0 aliphatic heterocycles.